The molecule has 0 radical (unpaired) electrons. The van der Waals surface area contributed by atoms with E-state index in [0.29, 0.717) is 47.2 Å². The maximum Gasteiger partial charge on any atom is 0.282 e. The number of rotatable bonds is 8. The van der Waals surface area contributed by atoms with Crippen LogP contribution in [-0.2, 0) is 9.59 Å². The van der Waals surface area contributed by atoms with Gasteiger partial charge in [-0.3, -0.25) is 9.59 Å². The van der Waals surface area contributed by atoms with E-state index in [9.17, 15) is 9.59 Å². The summed E-state index contributed by atoms with van der Waals surface area (Å²) in [6.45, 7) is 8.66. The zero-order chi connectivity index (χ0) is 24.2. The predicted molar refractivity (Wildman–Crippen MR) is 134 cm³/mol. The van der Waals surface area contributed by atoms with Crippen LogP contribution in [0.1, 0.15) is 30.5 Å². The molecule has 0 bridgehead atoms. The predicted octanol–water partition coefficient (Wildman–Crippen LogP) is 5.50. The Morgan fingerprint density at radius 1 is 0.794 bits per heavy atom. The van der Waals surface area contributed by atoms with Crippen LogP contribution in [-0.4, -0.2) is 25.0 Å². The molecule has 1 aliphatic heterocycles. The Hall–Kier alpha value is -4.06. The minimum Gasteiger partial charge on any atom is -0.490 e. The standard InChI is InChI=1S/C28H28N2O4/c1-5-33-23-16-15-21(17-24(23)34-6-2)29-26-25(20-12-8-7-9-13-20)27(31)30(28(26)32)22-14-10-11-18(3)19(22)4/h7-17,29H,5-6H2,1-4H3. The third-order valence-corrected chi connectivity index (χ3v) is 5.78. The SMILES string of the molecule is CCOc1ccc(NC2=C(c3ccccc3)C(=O)N(c3cccc(C)c3C)C2=O)cc1OCC. The van der Waals surface area contributed by atoms with Crippen LogP contribution >= 0.6 is 0 Å². The fraction of sp³-hybridized carbons (Fsp3) is 0.214. The number of hydrogen-bond acceptors (Lipinski definition) is 5. The van der Waals surface area contributed by atoms with Gasteiger partial charge in [-0.05, 0) is 62.6 Å². The molecule has 174 valence electrons. The van der Waals surface area contributed by atoms with Crippen molar-refractivity contribution in [2.24, 2.45) is 0 Å². The van der Waals surface area contributed by atoms with E-state index in [-0.39, 0.29) is 11.6 Å². The lowest BCUT2D eigenvalue weighted by Gasteiger charge is -2.19. The number of carbonyl (C=O) groups excluding carboxylic acids is 2. The number of imide groups is 1. The van der Waals surface area contributed by atoms with Gasteiger partial charge in [0, 0.05) is 11.8 Å². The number of nitrogens with zero attached hydrogens (tertiary/aromatic N) is 1. The molecular formula is C28H28N2O4. The van der Waals surface area contributed by atoms with Crippen LogP contribution in [0.5, 0.6) is 11.5 Å². The molecule has 1 N–H and O–H groups in total. The quantitative estimate of drug-likeness (QED) is 0.454. The number of anilines is 2. The van der Waals surface area contributed by atoms with Crippen molar-refractivity contribution in [3.63, 3.8) is 0 Å². The molecule has 1 aliphatic rings. The van der Waals surface area contributed by atoms with Gasteiger partial charge in [0.05, 0.1) is 24.5 Å². The van der Waals surface area contributed by atoms with E-state index in [1.165, 1.54) is 4.90 Å². The molecule has 0 saturated heterocycles. The lowest BCUT2D eigenvalue weighted by Crippen LogP contribution is -2.33. The molecule has 34 heavy (non-hydrogen) atoms. The Morgan fingerprint density at radius 3 is 2.21 bits per heavy atom. The van der Waals surface area contributed by atoms with E-state index >= 15 is 0 Å². The van der Waals surface area contributed by atoms with Crippen LogP contribution in [0.4, 0.5) is 11.4 Å². The van der Waals surface area contributed by atoms with Crippen molar-refractivity contribution in [2.45, 2.75) is 27.7 Å². The summed E-state index contributed by atoms with van der Waals surface area (Å²) in [6.07, 6.45) is 0. The van der Waals surface area contributed by atoms with Crippen LogP contribution in [0.25, 0.3) is 5.57 Å². The highest BCUT2D eigenvalue weighted by molar-refractivity contribution is 6.46. The fourth-order valence-electron chi connectivity index (χ4n) is 3.99. The number of benzene rings is 3. The van der Waals surface area contributed by atoms with Crippen molar-refractivity contribution < 1.29 is 19.1 Å². The average molecular weight is 457 g/mol. The van der Waals surface area contributed by atoms with Gasteiger partial charge in [-0.1, -0.05) is 42.5 Å². The summed E-state index contributed by atoms with van der Waals surface area (Å²) in [6, 6.07) is 20.2. The summed E-state index contributed by atoms with van der Waals surface area (Å²) < 4.78 is 11.4. The van der Waals surface area contributed by atoms with Crippen LogP contribution in [0.15, 0.2) is 72.4 Å². The van der Waals surface area contributed by atoms with Crippen LogP contribution in [0, 0.1) is 13.8 Å². The first-order chi connectivity index (χ1) is 16.5. The van der Waals surface area contributed by atoms with Gasteiger partial charge in [-0.25, -0.2) is 4.90 Å². The molecule has 0 aliphatic carbocycles. The molecule has 0 atom stereocenters. The van der Waals surface area contributed by atoms with Crippen LogP contribution in [0.2, 0.25) is 0 Å². The van der Waals surface area contributed by atoms with Gasteiger partial charge >= 0.3 is 0 Å². The molecule has 0 aromatic heterocycles. The van der Waals surface area contributed by atoms with Crippen molar-refractivity contribution in [1.29, 1.82) is 0 Å². The van der Waals surface area contributed by atoms with Gasteiger partial charge in [0.2, 0.25) is 0 Å². The van der Waals surface area contributed by atoms with Gasteiger partial charge in [0.15, 0.2) is 11.5 Å². The summed E-state index contributed by atoms with van der Waals surface area (Å²) in [7, 11) is 0. The minimum atomic E-state index is -0.399. The number of hydrogen-bond donors (Lipinski definition) is 1. The Morgan fingerprint density at radius 2 is 1.50 bits per heavy atom. The largest absolute Gasteiger partial charge is 0.490 e. The smallest absolute Gasteiger partial charge is 0.282 e. The molecule has 0 saturated carbocycles. The Labute approximate surface area is 199 Å². The van der Waals surface area contributed by atoms with Gasteiger partial charge in [-0.15, -0.1) is 0 Å². The maximum atomic E-state index is 13.7. The van der Waals surface area contributed by atoms with Crippen molar-refractivity contribution in [3.8, 4) is 11.5 Å². The van der Waals surface area contributed by atoms with E-state index in [2.05, 4.69) is 5.32 Å². The molecule has 1 heterocycles. The second-order valence-corrected chi connectivity index (χ2v) is 7.93. The van der Waals surface area contributed by atoms with E-state index < -0.39 is 5.91 Å². The van der Waals surface area contributed by atoms with Crippen molar-refractivity contribution >= 4 is 28.8 Å². The van der Waals surface area contributed by atoms with E-state index in [4.69, 9.17) is 9.47 Å². The molecule has 0 spiro atoms. The zero-order valence-electron chi connectivity index (χ0n) is 19.8. The lowest BCUT2D eigenvalue weighted by atomic mass is 10.0. The molecule has 3 aromatic rings. The monoisotopic (exact) mass is 456 g/mol. The first kappa shape index (κ1) is 23.1. The summed E-state index contributed by atoms with van der Waals surface area (Å²) >= 11 is 0. The molecule has 4 rings (SSSR count). The summed E-state index contributed by atoms with van der Waals surface area (Å²) in [5, 5.41) is 3.20. The highest BCUT2D eigenvalue weighted by atomic mass is 16.5. The zero-order valence-corrected chi connectivity index (χ0v) is 19.8. The Balaban J connectivity index is 1.80. The first-order valence-corrected chi connectivity index (χ1v) is 11.4. The second-order valence-electron chi connectivity index (χ2n) is 7.93. The van der Waals surface area contributed by atoms with Crippen LogP contribution in [0.3, 0.4) is 0 Å². The Bertz CT molecular complexity index is 1260. The van der Waals surface area contributed by atoms with E-state index in [1.54, 1.807) is 18.2 Å². The number of amides is 2. The molecule has 0 fully saturated rings. The molecule has 6 heteroatoms. The number of carbonyl (C=O) groups is 2. The number of nitrogens with one attached hydrogen (secondary N) is 1. The third-order valence-electron chi connectivity index (χ3n) is 5.78. The molecule has 0 unspecified atom stereocenters. The summed E-state index contributed by atoms with van der Waals surface area (Å²) in [5.41, 5.74) is 4.33. The molecule has 6 nitrogen and oxygen atoms in total. The molecule has 2 amide bonds. The highest BCUT2D eigenvalue weighted by Crippen LogP contribution is 2.37. The number of aryl methyl sites for hydroxylation is 1. The minimum absolute atomic E-state index is 0.226. The van der Waals surface area contributed by atoms with E-state index in [1.807, 2.05) is 76.2 Å². The maximum absolute atomic E-state index is 13.7. The summed E-state index contributed by atoms with van der Waals surface area (Å²) in [4.78, 5) is 28.6. The molecule has 3 aromatic carbocycles. The van der Waals surface area contributed by atoms with E-state index in [0.717, 1.165) is 11.1 Å². The second kappa shape index (κ2) is 9.83. The lowest BCUT2D eigenvalue weighted by molar-refractivity contribution is -0.120. The van der Waals surface area contributed by atoms with Gasteiger partial charge in [0.25, 0.3) is 11.8 Å². The topological polar surface area (TPSA) is 67.9 Å². The average Bonchev–Trinajstić information content (AvgIpc) is 3.07. The van der Waals surface area contributed by atoms with Crippen LogP contribution < -0.4 is 19.7 Å². The number of ether oxygens (including phenoxy) is 2. The third kappa shape index (κ3) is 4.27. The Kier molecular flexibility index (Phi) is 6.68. The molecular weight excluding hydrogens is 428 g/mol. The summed E-state index contributed by atoms with van der Waals surface area (Å²) in [5.74, 6) is 0.435. The van der Waals surface area contributed by atoms with Gasteiger partial charge < -0.3 is 14.8 Å². The normalized spacial score (nSPS) is 13.5. The van der Waals surface area contributed by atoms with Crippen molar-refractivity contribution in [1.82, 2.24) is 0 Å². The van der Waals surface area contributed by atoms with Gasteiger partial charge in [-0.2, -0.15) is 0 Å². The fourth-order valence-corrected chi connectivity index (χ4v) is 3.99. The first-order valence-electron chi connectivity index (χ1n) is 11.4. The highest BCUT2D eigenvalue weighted by Gasteiger charge is 2.41. The van der Waals surface area contributed by atoms with Crippen molar-refractivity contribution in [2.75, 3.05) is 23.4 Å². The van der Waals surface area contributed by atoms with Gasteiger partial charge in [0.1, 0.15) is 5.70 Å². The van der Waals surface area contributed by atoms with Crippen molar-refractivity contribution in [3.05, 3.63) is 89.1 Å².